The van der Waals surface area contributed by atoms with E-state index in [1.54, 1.807) is 0 Å². The maximum atomic E-state index is 13.4. The molecule has 0 unspecified atom stereocenters. The highest BCUT2D eigenvalue weighted by Crippen LogP contribution is 2.29. The van der Waals surface area contributed by atoms with Crippen molar-refractivity contribution in [3.05, 3.63) is 51.1 Å². The molecule has 2 aliphatic heterocycles. The van der Waals surface area contributed by atoms with Gasteiger partial charge in [0.05, 0.1) is 12.6 Å². The number of aromatic nitrogens is 5. The van der Waals surface area contributed by atoms with E-state index in [2.05, 4.69) is 57.1 Å². The van der Waals surface area contributed by atoms with E-state index in [-0.39, 0.29) is 17.7 Å². The zero-order valence-electron chi connectivity index (χ0n) is 19.8. The van der Waals surface area contributed by atoms with Crippen LogP contribution in [0.1, 0.15) is 48.3 Å². The summed E-state index contributed by atoms with van der Waals surface area (Å²) in [5.74, 6) is 0.712. The fraction of sp³-hybridized carbons (Fsp3) is 0.583. The van der Waals surface area contributed by atoms with Crippen LogP contribution in [-0.2, 0) is 11.3 Å². The highest BCUT2D eigenvalue weighted by atomic mass is 16.5. The van der Waals surface area contributed by atoms with Crippen molar-refractivity contribution in [2.45, 2.75) is 52.3 Å². The van der Waals surface area contributed by atoms with Gasteiger partial charge in [0.1, 0.15) is 6.04 Å². The Kier molecular flexibility index (Phi) is 6.27. The van der Waals surface area contributed by atoms with Crippen molar-refractivity contribution >= 4 is 10.9 Å². The van der Waals surface area contributed by atoms with Crippen molar-refractivity contribution in [3.8, 4) is 0 Å². The first-order chi connectivity index (χ1) is 16.0. The van der Waals surface area contributed by atoms with Crippen LogP contribution in [0, 0.1) is 13.8 Å². The first-order valence-electron chi connectivity index (χ1n) is 12.0. The zero-order valence-corrected chi connectivity index (χ0v) is 19.8. The number of nitrogens with one attached hydrogen (secondary N) is 1. The van der Waals surface area contributed by atoms with Gasteiger partial charge in [0, 0.05) is 43.9 Å². The molecule has 176 valence electrons. The highest BCUT2D eigenvalue weighted by molar-refractivity contribution is 5.81. The van der Waals surface area contributed by atoms with E-state index in [0.29, 0.717) is 17.9 Å². The third-order valence-corrected chi connectivity index (χ3v) is 7.21. The zero-order chi connectivity index (χ0) is 22.9. The largest absolute Gasteiger partial charge is 0.376 e. The first-order valence-corrected chi connectivity index (χ1v) is 12.0. The van der Waals surface area contributed by atoms with E-state index in [1.807, 2.05) is 16.8 Å². The van der Waals surface area contributed by atoms with Crippen molar-refractivity contribution in [2.75, 3.05) is 39.3 Å². The topological polar surface area (TPSA) is 92.2 Å². The van der Waals surface area contributed by atoms with Crippen LogP contribution >= 0.6 is 0 Å². The molecule has 9 nitrogen and oxygen atoms in total. The molecule has 33 heavy (non-hydrogen) atoms. The van der Waals surface area contributed by atoms with Crippen molar-refractivity contribution < 1.29 is 4.74 Å². The van der Waals surface area contributed by atoms with E-state index < -0.39 is 0 Å². The summed E-state index contributed by atoms with van der Waals surface area (Å²) in [6, 6.07) is 5.91. The normalized spacial score (nSPS) is 21.1. The van der Waals surface area contributed by atoms with Crippen molar-refractivity contribution in [2.24, 2.45) is 0 Å². The van der Waals surface area contributed by atoms with Gasteiger partial charge in [-0.15, -0.1) is 5.10 Å². The van der Waals surface area contributed by atoms with E-state index >= 15 is 0 Å². The number of piperazine rings is 1. The molecule has 2 atom stereocenters. The first kappa shape index (κ1) is 22.2. The Morgan fingerprint density at radius 3 is 2.67 bits per heavy atom. The number of likely N-dealkylation sites (N-methyl/N-ethyl adjacent to an activating group) is 1. The van der Waals surface area contributed by atoms with Gasteiger partial charge < -0.3 is 14.6 Å². The summed E-state index contributed by atoms with van der Waals surface area (Å²) in [5, 5.41) is 13.8. The molecule has 0 saturated carbocycles. The molecular weight excluding hydrogens is 418 g/mol. The smallest absolute Gasteiger partial charge is 0.253 e. The lowest BCUT2D eigenvalue weighted by molar-refractivity contribution is 0.0860. The van der Waals surface area contributed by atoms with Gasteiger partial charge in [-0.1, -0.05) is 6.92 Å². The summed E-state index contributed by atoms with van der Waals surface area (Å²) in [6.07, 6.45) is 2.19. The van der Waals surface area contributed by atoms with Gasteiger partial charge >= 0.3 is 0 Å². The van der Waals surface area contributed by atoms with Gasteiger partial charge in [0.2, 0.25) is 0 Å². The fourth-order valence-electron chi connectivity index (χ4n) is 5.05. The number of ether oxygens (including phenoxy) is 1. The molecular formula is C24H33N7O2. The number of H-pyrrole nitrogens is 1. The van der Waals surface area contributed by atoms with Gasteiger partial charge in [-0.25, -0.2) is 4.68 Å². The third kappa shape index (κ3) is 4.45. The lowest BCUT2D eigenvalue weighted by atomic mass is 10.00. The Hall–Kier alpha value is -2.62. The molecule has 0 amide bonds. The molecule has 1 aromatic carbocycles. The summed E-state index contributed by atoms with van der Waals surface area (Å²) in [6.45, 7) is 12.4. The second kappa shape index (κ2) is 9.32. The maximum absolute atomic E-state index is 13.4. The average Bonchev–Trinajstić information content (AvgIpc) is 3.49. The van der Waals surface area contributed by atoms with Crippen molar-refractivity contribution in [1.82, 2.24) is 35.0 Å². The minimum absolute atomic E-state index is 0.0830. The van der Waals surface area contributed by atoms with Crippen molar-refractivity contribution in [3.63, 3.8) is 0 Å². The maximum Gasteiger partial charge on any atom is 0.253 e. The molecule has 0 spiro atoms. The standard InChI is InChI=1S/C24H33N7O2/c1-4-29-7-9-30(10-8-29)22(23-26-27-28-31(23)15-19-6-5-11-33-19)20-14-18-12-16(2)17(3)13-21(18)25-24(20)32/h12-14,19,22H,4-11,15H2,1-3H3,(H,25,32)/t19-,22+/m0/s1. The quantitative estimate of drug-likeness (QED) is 0.613. The summed E-state index contributed by atoms with van der Waals surface area (Å²) in [5.41, 5.74) is 3.84. The minimum Gasteiger partial charge on any atom is -0.376 e. The van der Waals surface area contributed by atoms with Crippen LogP contribution in [0.4, 0.5) is 0 Å². The summed E-state index contributed by atoms with van der Waals surface area (Å²) in [7, 11) is 0. The molecule has 0 aliphatic carbocycles. The second-order valence-electron chi connectivity index (χ2n) is 9.30. The molecule has 2 aliphatic rings. The minimum atomic E-state index is -0.310. The SMILES string of the molecule is CCN1CCN([C@H](c2cc3cc(C)c(C)cc3[nH]c2=O)c2nnnn2C[C@@H]2CCCO2)CC1. The lowest BCUT2D eigenvalue weighted by Gasteiger charge is -2.38. The van der Waals surface area contributed by atoms with Gasteiger partial charge in [-0.05, 0) is 78.4 Å². The molecule has 5 rings (SSSR count). The highest BCUT2D eigenvalue weighted by Gasteiger charge is 2.33. The molecule has 9 heteroatoms. The molecule has 3 aromatic rings. The monoisotopic (exact) mass is 451 g/mol. The van der Waals surface area contributed by atoms with Gasteiger partial charge in [-0.3, -0.25) is 9.69 Å². The number of hydrogen-bond acceptors (Lipinski definition) is 7. The van der Waals surface area contributed by atoms with E-state index in [1.165, 1.54) is 11.1 Å². The predicted molar refractivity (Wildman–Crippen MR) is 126 cm³/mol. The second-order valence-corrected chi connectivity index (χ2v) is 9.30. The Bertz CT molecular complexity index is 1170. The number of nitrogens with zero attached hydrogens (tertiary/aromatic N) is 6. The van der Waals surface area contributed by atoms with Crippen LogP contribution in [0.5, 0.6) is 0 Å². The van der Waals surface area contributed by atoms with E-state index in [9.17, 15) is 4.79 Å². The molecule has 1 N–H and O–H groups in total. The van der Waals surface area contributed by atoms with E-state index in [0.717, 1.165) is 63.1 Å². The summed E-state index contributed by atoms with van der Waals surface area (Å²) >= 11 is 0. The third-order valence-electron chi connectivity index (χ3n) is 7.21. The van der Waals surface area contributed by atoms with Crippen LogP contribution < -0.4 is 5.56 Å². The number of fused-ring (bicyclic) bond motifs is 1. The van der Waals surface area contributed by atoms with Crippen LogP contribution in [0.25, 0.3) is 10.9 Å². The van der Waals surface area contributed by atoms with Gasteiger partial charge in [-0.2, -0.15) is 0 Å². The Balaban J connectivity index is 1.58. The van der Waals surface area contributed by atoms with Gasteiger partial charge in [0.25, 0.3) is 5.56 Å². The molecule has 2 aromatic heterocycles. The number of hydrogen-bond donors (Lipinski definition) is 1. The number of aryl methyl sites for hydroxylation is 2. The number of rotatable bonds is 6. The number of benzene rings is 1. The number of aromatic amines is 1. The molecule has 2 saturated heterocycles. The van der Waals surface area contributed by atoms with Crippen molar-refractivity contribution in [1.29, 1.82) is 0 Å². The molecule has 0 bridgehead atoms. The molecule has 4 heterocycles. The van der Waals surface area contributed by atoms with Crippen LogP contribution in [0.2, 0.25) is 0 Å². The Labute approximate surface area is 193 Å². The van der Waals surface area contributed by atoms with E-state index in [4.69, 9.17) is 4.74 Å². The lowest BCUT2D eigenvalue weighted by Crippen LogP contribution is -2.49. The average molecular weight is 452 g/mol. The number of tetrazole rings is 1. The summed E-state index contributed by atoms with van der Waals surface area (Å²) < 4.78 is 7.69. The number of pyridine rings is 1. The van der Waals surface area contributed by atoms with Gasteiger partial charge in [0.15, 0.2) is 5.82 Å². The van der Waals surface area contributed by atoms with Crippen LogP contribution in [0.3, 0.4) is 0 Å². The summed E-state index contributed by atoms with van der Waals surface area (Å²) in [4.78, 5) is 21.3. The Morgan fingerprint density at radius 2 is 1.94 bits per heavy atom. The van der Waals surface area contributed by atoms with Crippen LogP contribution in [0.15, 0.2) is 23.0 Å². The Morgan fingerprint density at radius 1 is 1.15 bits per heavy atom. The van der Waals surface area contributed by atoms with Crippen LogP contribution in [-0.4, -0.2) is 80.4 Å². The fourth-order valence-corrected chi connectivity index (χ4v) is 5.05. The molecule has 2 fully saturated rings. The predicted octanol–water partition coefficient (Wildman–Crippen LogP) is 2.04. The molecule has 0 radical (unpaired) electrons.